The molecule has 0 radical (unpaired) electrons. The number of hydrazone groups is 1. The second kappa shape index (κ2) is 7.42. The molecule has 0 spiro atoms. The minimum Gasteiger partial charge on any atom is -0.329 e. The van der Waals surface area contributed by atoms with Gasteiger partial charge < -0.3 is 5.32 Å². The van der Waals surface area contributed by atoms with Crippen LogP contribution in [0.5, 0.6) is 0 Å². The Morgan fingerprint density at radius 1 is 1.17 bits per heavy atom. The second-order valence-corrected chi connectivity index (χ2v) is 4.98. The average molecular weight is 330 g/mol. The summed E-state index contributed by atoms with van der Waals surface area (Å²) in [7, 11) is 0. The van der Waals surface area contributed by atoms with Crippen LogP contribution in [-0.2, 0) is 0 Å². The molecule has 0 saturated carbocycles. The highest BCUT2D eigenvalue weighted by atomic mass is 32.1. The van der Waals surface area contributed by atoms with Crippen LogP contribution in [0.1, 0.15) is 18.1 Å². The van der Waals surface area contributed by atoms with Crippen molar-refractivity contribution in [3.63, 3.8) is 0 Å². The average Bonchev–Trinajstić information content (AvgIpc) is 2.55. The van der Waals surface area contributed by atoms with Gasteiger partial charge in [0.1, 0.15) is 11.6 Å². The molecule has 2 N–H and O–H groups in total. The molecule has 0 fully saturated rings. The van der Waals surface area contributed by atoms with Gasteiger partial charge in [0, 0.05) is 6.07 Å². The van der Waals surface area contributed by atoms with Gasteiger partial charge in [0.2, 0.25) is 0 Å². The summed E-state index contributed by atoms with van der Waals surface area (Å²) in [6.07, 6.45) is 0. The zero-order chi connectivity index (χ0) is 16.8. The first-order valence-electron chi connectivity index (χ1n) is 6.56. The predicted octanol–water partition coefficient (Wildman–Crippen LogP) is 3.55. The summed E-state index contributed by atoms with van der Waals surface area (Å²) < 4.78 is 26.3. The summed E-state index contributed by atoms with van der Waals surface area (Å²) >= 11 is 5.00. The summed E-state index contributed by atoms with van der Waals surface area (Å²) in [6.45, 7) is 1.76. The Balaban J connectivity index is 2.00. The quantitative estimate of drug-likeness (QED) is 0.513. The standard InChI is InChI=1S/C16H12F2N4S/c1-10(12-4-2-11(9-19)3-5-12)21-22-16(23)20-15-7-6-13(17)8-14(15)18/h2-8H,1H3,(H2,20,22,23)/b21-10-. The van der Waals surface area contributed by atoms with Gasteiger partial charge in [-0.05, 0) is 49.0 Å². The van der Waals surface area contributed by atoms with E-state index in [9.17, 15) is 8.78 Å². The molecule has 0 aliphatic rings. The van der Waals surface area contributed by atoms with Gasteiger partial charge in [-0.25, -0.2) is 8.78 Å². The number of nitrogens with zero attached hydrogens (tertiary/aromatic N) is 2. The molecule has 0 aliphatic carbocycles. The van der Waals surface area contributed by atoms with Crippen molar-refractivity contribution in [1.29, 1.82) is 5.26 Å². The Morgan fingerprint density at radius 3 is 2.48 bits per heavy atom. The molecule has 0 atom stereocenters. The van der Waals surface area contributed by atoms with E-state index in [0.717, 1.165) is 17.7 Å². The van der Waals surface area contributed by atoms with Crippen LogP contribution in [-0.4, -0.2) is 10.8 Å². The first-order valence-corrected chi connectivity index (χ1v) is 6.97. The molecule has 7 heteroatoms. The molecule has 2 aromatic rings. The van der Waals surface area contributed by atoms with Gasteiger partial charge in [-0.15, -0.1) is 0 Å². The van der Waals surface area contributed by atoms with Crippen LogP contribution in [0, 0.1) is 23.0 Å². The Morgan fingerprint density at radius 2 is 1.87 bits per heavy atom. The maximum Gasteiger partial charge on any atom is 0.191 e. The van der Waals surface area contributed by atoms with Gasteiger partial charge in [-0.2, -0.15) is 10.4 Å². The third-order valence-electron chi connectivity index (χ3n) is 2.94. The predicted molar refractivity (Wildman–Crippen MR) is 89.1 cm³/mol. The minimum absolute atomic E-state index is 0.0510. The lowest BCUT2D eigenvalue weighted by Gasteiger charge is -2.09. The molecule has 0 amide bonds. The number of nitriles is 1. The molecule has 2 rings (SSSR count). The summed E-state index contributed by atoms with van der Waals surface area (Å²) in [6, 6.07) is 12.0. The summed E-state index contributed by atoms with van der Waals surface area (Å²) in [4.78, 5) is 0. The van der Waals surface area contributed by atoms with Crippen LogP contribution in [0.3, 0.4) is 0 Å². The van der Waals surface area contributed by atoms with E-state index in [1.807, 2.05) is 6.07 Å². The van der Waals surface area contributed by atoms with Gasteiger partial charge in [0.05, 0.1) is 23.0 Å². The molecular weight excluding hydrogens is 318 g/mol. The maximum absolute atomic E-state index is 13.5. The molecule has 0 heterocycles. The molecule has 0 unspecified atom stereocenters. The molecule has 23 heavy (non-hydrogen) atoms. The monoisotopic (exact) mass is 330 g/mol. The van der Waals surface area contributed by atoms with E-state index in [0.29, 0.717) is 11.3 Å². The van der Waals surface area contributed by atoms with Crippen LogP contribution in [0.25, 0.3) is 0 Å². The van der Waals surface area contributed by atoms with Crippen LogP contribution in [0.4, 0.5) is 14.5 Å². The Hall–Kier alpha value is -2.85. The van der Waals surface area contributed by atoms with Crippen molar-refractivity contribution < 1.29 is 8.78 Å². The summed E-state index contributed by atoms with van der Waals surface area (Å²) in [5, 5.41) is 15.5. The van der Waals surface area contributed by atoms with Crippen molar-refractivity contribution >= 4 is 28.7 Å². The highest BCUT2D eigenvalue weighted by Crippen LogP contribution is 2.14. The normalized spacial score (nSPS) is 10.8. The minimum atomic E-state index is -0.748. The van der Waals surface area contributed by atoms with Crippen LogP contribution < -0.4 is 10.7 Å². The first kappa shape index (κ1) is 16.5. The Kier molecular flexibility index (Phi) is 5.33. The second-order valence-electron chi connectivity index (χ2n) is 4.58. The van der Waals surface area contributed by atoms with E-state index in [-0.39, 0.29) is 10.8 Å². The van der Waals surface area contributed by atoms with Crippen molar-refractivity contribution in [2.75, 3.05) is 5.32 Å². The van der Waals surface area contributed by atoms with Crippen LogP contribution >= 0.6 is 12.2 Å². The number of thiocarbonyl (C=S) groups is 1. The molecule has 0 aromatic heterocycles. The van der Waals surface area contributed by atoms with Crippen LogP contribution in [0.15, 0.2) is 47.6 Å². The van der Waals surface area contributed by atoms with Crippen molar-refractivity contribution in [2.45, 2.75) is 6.92 Å². The zero-order valence-electron chi connectivity index (χ0n) is 12.1. The number of rotatable bonds is 3. The van der Waals surface area contributed by atoms with E-state index in [1.165, 1.54) is 6.07 Å². The van der Waals surface area contributed by atoms with Gasteiger partial charge >= 0.3 is 0 Å². The van der Waals surface area contributed by atoms with Gasteiger partial charge in [-0.3, -0.25) is 5.43 Å². The lowest BCUT2D eigenvalue weighted by atomic mass is 10.1. The van der Waals surface area contributed by atoms with Gasteiger partial charge in [-0.1, -0.05) is 12.1 Å². The van der Waals surface area contributed by atoms with Crippen molar-refractivity contribution in [2.24, 2.45) is 5.10 Å². The molecule has 4 nitrogen and oxygen atoms in total. The highest BCUT2D eigenvalue weighted by molar-refractivity contribution is 7.80. The van der Waals surface area contributed by atoms with E-state index in [2.05, 4.69) is 15.8 Å². The lowest BCUT2D eigenvalue weighted by Crippen LogP contribution is -2.25. The number of benzene rings is 2. The molecule has 0 saturated heterocycles. The van der Waals surface area contributed by atoms with Gasteiger partial charge in [0.25, 0.3) is 0 Å². The highest BCUT2D eigenvalue weighted by Gasteiger charge is 2.05. The van der Waals surface area contributed by atoms with E-state index >= 15 is 0 Å². The van der Waals surface area contributed by atoms with E-state index in [1.54, 1.807) is 31.2 Å². The summed E-state index contributed by atoms with van der Waals surface area (Å²) in [5.74, 6) is -1.41. The van der Waals surface area contributed by atoms with Crippen molar-refractivity contribution in [3.05, 3.63) is 65.2 Å². The molecule has 2 aromatic carbocycles. The summed E-state index contributed by atoms with van der Waals surface area (Å²) in [5.41, 5.74) is 4.64. The number of nitrogens with one attached hydrogen (secondary N) is 2. The SMILES string of the molecule is C/C(=N/NC(=S)Nc1ccc(F)cc1F)c1ccc(C#N)cc1. The Bertz CT molecular complexity index is 795. The number of anilines is 1. The van der Waals surface area contributed by atoms with Crippen molar-refractivity contribution in [1.82, 2.24) is 5.43 Å². The molecule has 0 aliphatic heterocycles. The number of halogens is 2. The van der Waals surface area contributed by atoms with Gasteiger partial charge in [0.15, 0.2) is 5.11 Å². The zero-order valence-corrected chi connectivity index (χ0v) is 12.9. The first-order chi connectivity index (χ1) is 11.0. The number of hydrogen-bond donors (Lipinski definition) is 2. The fourth-order valence-corrected chi connectivity index (χ4v) is 1.88. The van der Waals surface area contributed by atoms with E-state index in [4.69, 9.17) is 17.5 Å². The maximum atomic E-state index is 13.5. The topological polar surface area (TPSA) is 60.2 Å². The Labute approximate surface area is 137 Å². The molecular formula is C16H12F2N4S. The lowest BCUT2D eigenvalue weighted by molar-refractivity contribution is 0.586. The van der Waals surface area contributed by atoms with E-state index < -0.39 is 11.6 Å². The largest absolute Gasteiger partial charge is 0.329 e. The van der Waals surface area contributed by atoms with Crippen molar-refractivity contribution in [3.8, 4) is 6.07 Å². The smallest absolute Gasteiger partial charge is 0.191 e. The molecule has 0 bridgehead atoms. The molecule has 116 valence electrons. The fraction of sp³-hybridized carbons (Fsp3) is 0.0625. The third kappa shape index (κ3) is 4.56. The van der Waals surface area contributed by atoms with Crippen LogP contribution in [0.2, 0.25) is 0 Å². The fourth-order valence-electron chi connectivity index (χ4n) is 1.73. The third-order valence-corrected chi connectivity index (χ3v) is 3.13. The number of hydrogen-bond acceptors (Lipinski definition) is 3.